The summed E-state index contributed by atoms with van der Waals surface area (Å²) in [6, 6.07) is 8.61. The average Bonchev–Trinajstić information content (AvgIpc) is 2.99. The van der Waals surface area contributed by atoms with Crippen LogP contribution in [0.2, 0.25) is 0 Å². The van der Waals surface area contributed by atoms with Gasteiger partial charge in [0.05, 0.1) is 5.69 Å². The van der Waals surface area contributed by atoms with Gasteiger partial charge in [0.15, 0.2) is 5.78 Å². The molecule has 0 bridgehead atoms. The molecule has 6 heteroatoms. The normalized spacial score (nSPS) is 10.8. The van der Waals surface area contributed by atoms with Crippen LogP contribution in [-0.4, -0.2) is 28.8 Å². The number of amides is 1. The van der Waals surface area contributed by atoms with Crippen molar-refractivity contribution in [3.8, 4) is 10.4 Å². The smallest absolute Gasteiger partial charge is 0.348 e. The molecule has 5 nitrogen and oxygen atoms in total. The van der Waals surface area contributed by atoms with Crippen molar-refractivity contribution >= 4 is 34.7 Å². The highest BCUT2D eigenvalue weighted by Crippen LogP contribution is 2.38. The zero-order chi connectivity index (χ0) is 18.7. The second-order valence-corrected chi connectivity index (χ2v) is 7.03. The maximum absolute atomic E-state index is 12.3. The molecule has 2 aromatic rings. The second-order valence-electron chi connectivity index (χ2n) is 5.97. The van der Waals surface area contributed by atoms with Gasteiger partial charge in [-0.15, -0.1) is 11.3 Å². The maximum Gasteiger partial charge on any atom is 0.348 e. The molecule has 0 aliphatic rings. The van der Waals surface area contributed by atoms with Crippen LogP contribution in [0, 0.1) is 0 Å². The van der Waals surface area contributed by atoms with Crippen molar-refractivity contribution in [2.45, 2.75) is 40.2 Å². The molecule has 1 aromatic heterocycles. The fraction of sp³-hybridized carbons (Fsp3) is 0.316. The Morgan fingerprint density at radius 2 is 1.76 bits per heavy atom. The van der Waals surface area contributed by atoms with E-state index in [-0.39, 0.29) is 22.6 Å². The van der Waals surface area contributed by atoms with Crippen molar-refractivity contribution in [2.24, 2.45) is 0 Å². The van der Waals surface area contributed by atoms with Crippen LogP contribution >= 0.6 is 11.3 Å². The Kier molecular flexibility index (Phi) is 5.74. The monoisotopic (exact) mass is 359 g/mol. The quantitative estimate of drug-likeness (QED) is 0.772. The van der Waals surface area contributed by atoms with Crippen LogP contribution < -0.4 is 4.90 Å². The number of carbonyl (C=O) groups excluding carboxylic acids is 2. The molecule has 0 spiro atoms. The molecule has 25 heavy (non-hydrogen) atoms. The molecule has 0 unspecified atom stereocenters. The lowest BCUT2D eigenvalue weighted by atomic mass is 10.1. The highest BCUT2D eigenvalue weighted by atomic mass is 32.1. The van der Waals surface area contributed by atoms with Gasteiger partial charge in [-0.05, 0) is 32.4 Å². The Balaban J connectivity index is 2.54. The Morgan fingerprint density at radius 1 is 1.16 bits per heavy atom. The predicted octanol–water partition coefficient (Wildman–Crippen LogP) is 4.47. The number of hydrogen-bond acceptors (Lipinski definition) is 4. The second kappa shape index (κ2) is 7.61. The number of carboxylic acids is 1. The lowest BCUT2D eigenvalue weighted by Gasteiger charge is -2.26. The van der Waals surface area contributed by atoms with Gasteiger partial charge < -0.3 is 10.0 Å². The number of thiophene rings is 1. The van der Waals surface area contributed by atoms with E-state index in [1.807, 2.05) is 13.8 Å². The van der Waals surface area contributed by atoms with Gasteiger partial charge in [-0.2, -0.15) is 0 Å². The van der Waals surface area contributed by atoms with E-state index in [4.69, 9.17) is 0 Å². The Hall–Kier alpha value is -2.47. The van der Waals surface area contributed by atoms with Crippen molar-refractivity contribution in [3.63, 3.8) is 0 Å². The van der Waals surface area contributed by atoms with Gasteiger partial charge in [0, 0.05) is 22.9 Å². The fourth-order valence-corrected chi connectivity index (χ4v) is 3.59. The van der Waals surface area contributed by atoms with Crippen molar-refractivity contribution in [2.75, 3.05) is 4.90 Å². The van der Waals surface area contributed by atoms with Crippen LogP contribution in [0.15, 0.2) is 30.3 Å². The first-order valence-electron chi connectivity index (χ1n) is 8.06. The lowest BCUT2D eigenvalue weighted by Crippen LogP contribution is -2.37. The molecule has 0 saturated carbocycles. The summed E-state index contributed by atoms with van der Waals surface area (Å²) < 4.78 is 0. The number of rotatable bonds is 6. The van der Waals surface area contributed by atoms with Crippen LogP contribution in [0.5, 0.6) is 0 Å². The predicted molar refractivity (Wildman–Crippen MR) is 99.6 cm³/mol. The van der Waals surface area contributed by atoms with Gasteiger partial charge in [-0.25, -0.2) is 4.79 Å². The van der Waals surface area contributed by atoms with E-state index in [1.54, 1.807) is 37.3 Å². The van der Waals surface area contributed by atoms with Crippen LogP contribution in [0.25, 0.3) is 10.4 Å². The van der Waals surface area contributed by atoms with Gasteiger partial charge in [0.1, 0.15) is 4.88 Å². The lowest BCUT2D eigenvalue weighted by molar-refractivity contribution is -0.118. The SMILES string of the molecule is CCC(=O)N(c1cc(-c2ccc(C(C)=O)cc2)sc1C(=O)O)C(C)C. The molecule has 1 N–H and O–H groups in total. The van der Waals surface area contributed by atoms with Crippen molar-refractivity contribution in [1.82, 2.24) is 0 Å². The summed E-state index contributed by atoms with van der Waals surface area (Å²) in [5, 5.41) is 9.56. The minimum atomic E-state index is -1.05. The summed E-state index contributed by atoms with van der Waals surface area (Å²) in [7, 11) is 0. The van der Waals surface area contributed by atoms with E-state index in [1.165, 1.54) is 11.8 Å². The third-order valence-electron chi connectivity index (χ3n) is 3.83. The molecule has 0 fully saturated rings. The number of hydrogen-bond donors (Lipinski definition) is 1. The molecular formula is C19H21NO4S. The third-order valence-corrected chi connectivity index (χ3v) is 4.99. The number of nitrogens with zero attached hydrogens (tertiary/aromatic N) is 1. The molecule has 1 amide bonds. The first kappa shape index (κ1) is 18.9. The molecular weight excluding hydrogens is 338 g/mol. The summed E-state index contributed by atoms with van der Waals surface area (Å²) >= 11 is 1.13. The van der Waals surface area contributed by atoms with E-state index < -0.39 is 5.97 Å². The van der Waals surface area contributed by atoms with Gasteiger partial charge in [0.2, 0.25) is 5.91 Å². The topological polar surface area (TPSA) is 74.7 Å². The van der Waals surface area contributed by atoms with Crippen LogP contribution in [-0.2, 0) is 4.79 Å². The first-order valence-corrected chi connectivity index (χ1v) is 8.88. The van der Waals surface area contributed by atoms with E-state index in [0.717, 1.165) is 21.8 Å². The fourth-order valence-electron chi connectivity index (χ4n) is 2.60. The van der Waals surface area contributed by atoms with Crippen molar-refractivity contribution in [3.05, 3.63) is 40.8 Å². The summed E-state index contributed by atoms with van der Waals surface area (Å²) in [4.78, 5) is 37.8. The first-order chi connectivity index (χ1) is 11.8. The molecule has 132 valence electrons. The Morgan fingerprint density at radius 3 is 2.20 bits per heavy atom. The number of carbonyl (C=O) groups is 3. The zero-order valence-corrected chi connectivity index (χ0v) is 15.5. The Bertz CT molecular complexity index is 805. The van der Waals surface area contributed by atoms with Gasteiger partial charge in [-0.3, -0.25) is 9.59 Å². The minimum absolute atomic E-state index is 0.0239. The molecule has 1 heterocycles. The number of carboxylic acid groups (broad SMARTS) is 1. The number of anilines is 1. The highest BCUT2D eigenvalue weighted by Gasteiger charge is 2.26. The molecule has 0 saturated heterocycles. The molecule has 0 radical (unpaired) electrons. The summed E-state index contributed by atoms with van der Waals surface area (Å²) in [6.07, 6.45) is 0.301. The van der Waals surface area contributed by atoms with E-state index in [2.05, 4.69) is 0 Å². The van der Waals surface area contributed by atoms with Crippen LogP contribution in [0.4, 0.5) is 5.69 Å². The summed E-state index contributed by atoms with van der Waals surface area (Å²) in [5.41, 5.74) is 1.84. The minimum Gasteiger partial charge on any atom is -0.477 e. The molecule has 0 aliphatic carbocycles. The Labute approximate surface area is 150 Å². The van der Waals surface area contributed by atoms with Crippen LogP contribution in [0.1, 0.15) is 54.1 Å². The summed E-state index contributed by atoms with van der Waals surface area (Å²) in [6.45, 7) is 6.97. The standard InChI is InChI=1S/C19H21NO4S/c1-5-17(22)20(11(2)3)15-10-16(25-18(15)19(23)24)14-8-6-13(7-9-14)12(4)21/h6-11H,5H2,1-4H3,(H,23,24). The van der Waals surface area contributed by atoms with E-state index in [9.17, 15) is 19.5 Å². The molecule has 2 rings (SSSR count). The maximum atomic E-state index is 12.3. The largest absolute Gasteiger partial charge is 0.477 e. The molecule has 0 aliphatic heterocycles. The number of benzene rings is 1. The molecule has 1 aromatic carbocycles. The third kappa shape index (κ3) is 3.96. The molecule has 0 atom stereocenters. The zero-order valence-electron chi connectivity index (χ0n) is 14.7. The number of ketones is 1. The van der Waals surface area contributed by atoms with Crippen molar-refractivity contribution in [1.29, 1.82) is 0 Å². The van der Waals surface area contributed by atoms with Gasteiger partial charge in [-0.1, -0.05) is 31.2 Å². The van der Waals surface area contributed by atoms with Gasteiger partial charge in [0.25, 0.3) is 0 Å². The average molecular weight is 359 g/mol. The highest BCUT2D eigenvalue weighted by molar-refractivity contribution is 7.18. The van der Waals surface area contributed by atoms with Gasteiger partial charge >= 0.3 is 5.97 Å². The van der Waals surface area contributed by atoms with E-state index in [0.29, 0.717) is 17.7 Å². The number of aromatic carboxylic acids is 1. The van der Waals surface area contributed by atoms with E-state index >= 15 is 0 Å². The number of Topliss-reactive ketones (excluding diaryl/α,β-unsaturated/α-hetero) is 1. The van der Waals surface area contributed by atoms with Crippen molar-refractivity contribution < 1.29 is 19.5 Å². The summed E-state index contributed by atoms with van der Waals surface area (Å²) in [5.74, 6) is -1.20. The van der Waals surface area contributed by atoms with Crippen LogP contribution in [0.3, 0.4) is 0 Å².